The van der Waals surface area contributed by atoms with E-state index in [9.17, 15) is 0 Å². The lowest BCUT2D eigenvalue weighted by Gasteiger charge is -2.03. The first kappa shape index (κ1) is 6.25. The summed E-state index contributed by atoms with van der Waals surface area (Å²) in [6.07, 6.45) is 0. The molecular formula is C4H10ClN. The van der Waals surface area contributed by atoms with Crippen molar-refractivity contribution in [2.45, 2.75) is 25.3 Å². The third-order valence-corrected chi connectivity index (χ3v) is 1.12. The molecule has 0 bridgehead atoms. The van der Waals surface area contributed by atoms with E-state index in [2.05, 4.69) is 0 Å². The molecule has 0 aliphatic heterocycles. The average Bonchev–Trinajstić information content (AvgIpc) is 1.36. The Morgan fingerprint density at radius 3 is 1.67 bits per heavy atom. The highest BCUT2D eigenvalue weighted by Crippen LogP contribution is 1.95. The number of hydrogen-bond donors (Lipinski definition) is 1. The van der Waals surface area contributed by atoms with E-state index >= 15 is 0 Å². The molecular weight excluding hydrogens is 97.5 g/mol. The molecule has 0 aromatic heterocycles. The first-order valence-corrected chi connectivity index (χ1v) is 2.48. The van der Waals surface area contributed by atoms with E-state index in [4.69, 9.17) is 17.3 Å². The summed E-state index contributed by atoms with van der Waals surface area (Å²) in [5, 5.41) is 0.102. The van der Waals surface area contributed by atoms with Crippen LogP contribution in [0, 0.1) is 0 Å². The Bertz CT molecular complexity index is 28.5. The molecule has 2 N–H and O–H groups in total. The molecule has 0 saturated carbocycles. The van der Waals surface area contributed by atoms with Gasteiger partial charge in [0, 0.05) is 11.4 Å². The van der Waals surface area contributed by atoms with E-state index in [-0.39, 0.29) is 11.4 Å². The van der Waals surface area contributed by atoms with Gasteiger partial charge < -0.3 is 5.73 Å². The minimum Gasteiger partial charge on any atom is -0.327 e. The van der Waals surface area contributed by atoms with Crippen molar-refractivity contribution in [1.82, 2.24) is 0 Å². The standard InChI is InChI=1S/C4H10ClN/c1-3(5)4(2)6/h3-4H,6H2,1-2H3/t3-,4+/m1/s1. The number of nitrogens with two attached hydrogens (primary N) is 1. The maximum atomic E-state index is 5.49. The Kier molecular flexibility index (Phi) is 2.53. The van der Waals surface area contributed by atoms with Gasteiger partial charge in [-0.3, -0.25) is 0 Å². The van der Waals surface area contributed by atoms with Gasteiger partial charge in [-0.25, -0.2) is 0 Å². The van der Waals surface area contributed by atoms with Crippen LogP contribution < -0.4 is 5.73 Å². The highest BCUT2D eigenvalue weighted by molar-refractivity contribution is 6.20. The van der Waals surface area contributed by atoms with Crippen LogP contribution in [-0.2, 0) is 0 Å². The zero-order valence-electron chi connectivity index (χ0n) is 4.11. The van der Waals surface area contributed by atoms with Crippen LogP contribution in [0.4, 0.5) is 0 Å². The molecule has 6 heavy (non-hydrogen) atoms. The molecule has 0 fully saturated rings. The van der Waals surface area contributed by atoms with Gasteiger partial charge in [0.2, 0.25) is 0 Å². The summed E-state index contributed by atoms with van der Waals surface area (Å²) in [5.74, 6) is 0. The second-order valence-corrected chi connectivity index (χ2v) is 2.23. The summed E-state index contributed by atoms with van der Waals surface area (Å²) < 4.78 is 0. The normalized spacial score (nSPS) is 20.0. The summed E-state index contributed by atoms with van der Waals surface area (Å²) in [4.78, 5) is 0. The second-order valence-electron chi connectivity index (χ2n) is 1.54. The van der Waals surface area contributed by atoms with Gasteiger partial charge in [-0.15, -0.1) is 11.6 Å². The van der Waals surface area contributed by atoms with Crippen molar-refractivity contribution >= 4 is 11.6 Å². The smallest absolute Gasteiger partial charge is 0.0456 e. The molecule has 38 valence electrons. The van der Waals surface area contributed by atoms with Crippen LogP contribution in [0.3, 0.4) is 0 Å². The maximum absolute atomic E-state index is 5.49. The predicted molar refractivity (Wildman–Crippen MR) is 29.0 cm³/mol. The highest BCUT2D eigenvalue weighted by Gasteiger charge is 1.98. The molecule has 0 radical (unpaired) electrons. The lowest BCUT2D eigenvalue weighted by atomic mass is 10.3. The van der Waals surface area contributed by atoms with Gasteiger partial charge in [-0.2, -0.15) is 0 Å². The van der Waals surface area contributed by atoms with E-state index in [1.165, 1.54) is 0 Å². The zero-order valence-corrected chi connectivity index (χ0v) is 4.87. The van der Waals surface area contributed by atoms with Crippen molar-refractivity contribution < 1.29 is 0 Å². The molecule has 0 saturated heterocycles. The summed E-state index contributed by atoms with van der Waals surface area (Å²) >= 11 is 5.49. The van der Waals surface area contributed by atoms with E-state index in [0.29, 0.717) is 0 Å². The molecule has 1 nitrogen and oxygen atoms in total. The minimum atomic E-state index is 0.102. The number of alkyl halides is 1. The molecule has 0 amide bonds. The SMILES string of the molecule is C[C@H](N)[C@@H](C)Cl. The first-order chi connectivity index (χ1) is 2.64. The molecule has 0 spiro atoms. The molecule has 0 unspecified atom stereocenters. The Morgan fingerprint density at radius 2 is 1.67 bits per heavy atom. The third kappa shape index (κ3) is 2.49. The minimum absolute atomic E-state index is 0.102. The Hall–Kier alpha value is 0.250. The van der Waals surface area contributed by atoms with Gasteiger partial charge in [0.05, 0.1) is 0 Å². The fourth-order valence-electron chi connectivity index (χ4n) is 0. The van der Waals surface area contributed by atoms with Gasteiger partial charge in [0.15, 0.2) is 0 Å². The molecule has 2 heteroatoms. The monoisotopic (exact) mass is 107 g/mol. The van der Waals surface area contributed by atoms with Crippen molar-refractivity contribution in [2.75, 3.05) is 0 Å². The van der Waals surface area contributed by atoms with Crippen LogP contribution >= 0.6 is 11.6 Å². The van der Waals surface area contributed by atoms with E-state index in [0.717, 1.165) is 0 Å². The first-order valence-electron chi connectivity index (χ1n) is 2.04. The van der Waals surface area contributed by atoms with Crippen LogP contribution in [0.2, 0.25) is 0 Å². The van der Waals surface area contributed by atoms with Crippen LogP contribution in [-0.4, -0.2) is 11.4 Å². The molecule has 0 heterocycles. The Labute approximate surface area is 43.5 Å². The largest absolute Gasteiger partial charge is 0.327 e. The summed E-state index contributed by atoms with van der Waals surface area (Å²) in [7, 11) is 0. The second kappa shape index (κ2) is 2.43. The van der Waals surface area contributed by atoms with E-state index in [1.807, 2.05) is 13.8 Å². The van der Waals surface area contributed by atoms with Crippen LogP contribution in [0.25, 0.3) is 0 Å². The van der Waals surface area contributed by atoms with Crippen LogP contribution in [0.1, 0.15) is 13.8 Å². The topological polar surface area (TPSA) is 26.0 Å². The molecule has 2 atom stereocenters. The van der Waals surface area contributed by atoms with Crippen molar-refractivity contribution in [3.63, 3.8) is 0 Å². The summed E-state index contributed by atoms with van der Waals surface area (Å²) in [5.41, 5.74) is 5.30. The Morgan fingerprint density at radius 1 is 1.50 bits per heavy atom. The summed E-state index contributed by atoms with van der Waals surface area (Å²) in [6.45, 7) is 3.77. The van der Waals surface area contributed by atoms with E-state index in [1.54, 1.807) is 0 Å². The van der Waals surface area contributed by atoms with Gasteiger partial charge in [-0.05, 0) is 13.8 Å². The molecule has 0 aliphatic rings. The number of hydrogen-bond acceptors (Lipinski definition) is 1. The number of rotatable bonds is 1. The fraction of sp³-hybridized carbons (Fsp3) is 1.00. The molecule has 0 rings (SSSR count). The van der Waals surface area contributed by atoms with E-state index < -0.39 is 0 Å². The van der Waals surface area contributed by atoms with Gasteiger partial charge >= 0.3 is 0 Å². The lowest BCUT2D eigenvalue weighted by Crippen LogP contribution is -2.23. The van der Waals surface area contributed by atoms with Crippen LogP contribution in [0.15, 0.2) is 0 Å². The third-order valence-electron chi connectivity index (χ3n) is 0.725. The summed E-state index contributed by atoms with van der Waals surface area (Å²) in [6, 6.07) is 0.117. The van der Waals surface area contributed by atoms with Crippen molar-refractivity contribution in [3.8, 4) is 0 Å². The van der Waals surface area contributed by atoms with Crippen molar-refractivity contribution in [2.24, 2.45) is 5.73 Å². The van der Waals surface area contributed by atoms with Gasteiger partial charge in [0.1, 0.15) is 0 Å². The number of halogens is 1. The van der Waals surface area contributed by atoms with Crippen molar-refractivity contribution in [1.29, 1.82) is 0 Å². The molecule has 0 aliphatic carbocycles. The molecule has 0 aromatic carbocycles. The van der Waals surface area contributed by atoms with Crippen molar-refractivity contribution in [3.05, 3.63) is 0 Å². The quantitative estimate of drug-likeness (QED) is 0.497. The molecule has 0 aromatic rings. The maximum Gasteiger partial charge on any atom is 0.0456 e. The highest BCUT2D eigenvalue weighted by atomic mass is 35.5. The van der Waals surface area contributed by atoms with Gasteiger partial charge in [0.25, 0.3) is 0 Å². The zero-order chi connectivity index (χ0) is 5.15. The average molecular weight is 108 g/mol. The Balaban J connectivity index is 2.99. The fourth-order valence-corrected chi connectivity index (χ4v) is 0. The predicted octanol–water partition coefficient (Wildman–Crippen LogP) is 0.961. The lowest BCUT2D eigenvalue weighted by molar-refractivity contribution is 0.723. The van der Waals surface area contributed by atoms with Gasteiger partial charge in [-0.1, -0.05) is 0 Å². The van der Waals surface area contributed by atoms with Crippen LogP contribution in [0.5, 0.6) is 0 Å².